The highest BCUT2D eigenvalue weighted by Crippen LogP contribution is 2.48. The monoisotopic (exact) mass is 459 g/mol. The van der Waals surface area contributed by atoms with Crippen LogP contribution in [0.2, 0.25) is 0 Å². The lowest BCUT2D eigenvalue weighted by Gasteiger charge is -2.42. The smallest absolute Gasteiger partial charge is 0.405 e. The van der Waals surface area contributed by atoms with Crippen molar-refractivity contribution in [2.75, 3.05) is 5.88 Å². The summed E-state index contributed by atoms with van der Waals surface area (Å²) in [5, 5.41) is 0. The minimum absolute atomic E-state index is 0.0325. The quantitative estimate of drug-likeness (QED) is 0.463. The number of ether oxygens (including phenoxy) is 1. The fraction of sp³-hybridized carbons (Fsp3) is 0.423. The SMILES string of the molecule is Cc1cc2c(cc1-c1cc(C=C3C=NCS3)ccc1OC(F)(F)F)C(C)(C)CCC2(C)C. The number of fused-ring (bicyclic) bond motifs is 1. The first-order chi connectivity index (χ1) is 14.9. The fourth-order valence-electron chi connectivity index (χ4n) is 4.59. The molecule has 0 unspecified atom stereocenters. The van der Waals surface area contributed by atoms with Crippen molar-refractivity contribution in [3.05, 3.63) is 57.5 Å². The molecule has 1 aliphatic carbocycles. The first-order valence-corrected chi connectivity index (χ1v) is 11.7. The number of rotatable bonds is 3. The molecule has 1 heterocycles. The zero-order chi connectivity index (χ0) is 23.3. The van der Waals surface area contributed by atoms with Crippen molar-refractivity contribution in [3.63, 3.8) is 0 Å². The third-order valence-electron chi connectivity index (χ3n) is 6.55. The number of halogens is 3. The molecule has 6 heteroatoms. The summed E-state index contributed by atoms with van der Waals surface area (Å²) in [6.45, 7) is 10.9. The Labute approximate surface area is 192 Å². The second kappa shape index (κ2) is 7.98. The van der Waals surface area contributed by atoms with E-state index < -0.39 is 6.36 Å². The van der Waals surface area contributed by atoms with Crippen LogP contribution in [0.5, 0.6) is 5.75 Å². The molecule has 2 aliphatic rings. The average Bonchev–Trinajstić information content (AvgIpc) is 3.19. The van der Waals surface area contributed by atoms with Crippen molar-refractivity contribution in [1.29, 1.82) is 0 Å². The molecule has 2 aromatic rings. The predicted molar refractivity (Wildman–Crippen MR) is 128 cm³/mol. The van der Waals surface area contributed by atoms with Gasteiger partial charge in [-0.2, -0.15) is 0 Å². The van der Waals surface area contributed by atoms with Gasteiger partial charge in [0.05, 0.1) is 5.88 Å². The predicted octanol–water partition coefficient (Wildman–Crippen LogP) is 8.03. The van der Waals surface area contributed by atoms with Gasteiger partial charge < -0.3 is 4.74 Å². The zero-order valence-corrected chi connectivity index (χ0v) is 19.9. The molecule has 0 N–H and O–H groups in total. The van der Waals surface area contributed by atoms with Gasteiger partial charge in [-0.25, -0.2) is 0 Å². The van der Waals surface area contributed by atoms with Crippen LogP contribution >= 0.6 is 11.8 Å². The van der Waals surface area contributed by atoms with Crippen LogP contribution in [-0.2, 0) is 10.8 Å². The van der Waals surface area contributed by atoms with E-state index in [-0.39, 0.29) is 16.6 Å². The highest BCUT2D eigenvalue weighted by molar-refractivity contribution is 8.04. The van der Waals surface area contributed by atoms with E-state index in [1.54, 1.807) is 30.1 Å². The van der Waals surface area contributed by atoms with Crippen molar-refractivity contribution in [1.82, 2.24) is 0 Å². The normalized spacial score (nSPS) is 20.4. The third-order valence-corrected chi connectivity index (χ3v) is 7.39. The zero-order valence-electron chi connectivity index (χ0n) is 19.1. The van der Waals surface area contributed by atoms with E-state index in [2.05, 4.69) is 49.6 Å². The summed E-state index contributed by atoms with van der Waals surface area (Å²) >= 11 is 1.60. The van der Waals surface area contributed by atoms with Gasteiger partial charge in [-0.05, 0) is 82.7 Å². The summed E-state index contributed by atoms with van der Waals surface area (Å²) in [7, 11) is 0. The van der Waals surface area contributed by atoms with Gasteiger partial charge in [-0.3, -0.25) is 4.99 Å². The number of benzene rings is 2. The molecule has 0 fully saturated rings. The lowest BCUT2D eigenvalue weighted by molar-refractivity contribution is -0.274. The summed E-state index contributed by atoms with van der Waals surface area (Å²) in [5.41, 5.74) is 5.47. The summed E-state index contributed by atoms with van der Waals surface area (Å²) < 4.78 is 44.1. The van der Waals surface area contributed by atoms with Gasteiger partial charge in [0.1, 0.15) is 5.75 Å². The van der Waals surface area contributed by atoms with Crippen molar-refractivity contribution in [3.8, 4) is 16.9 Å². The van der Waals surface area contributed by atoms with E-state index in [1.165, 1.54) is 17.2 Å². The maximum Gasteiger partial charge on any atom is 0.573 e. The molecule has 4 rings (SSSR count). The molecule has 0 saturated heterocycles. The average molecular weight is 460 g/mol. The van der Waals surface area contributed by atoms with Crippen LogP contribution in [-0.4, -0.2) is 18.5 Å². The first kappa shape index (κ1) is 23.0. The molecule has 1 aliphatic heterocycles. The van der Waals surface area contributed by atoms with Crippen LogP contribution in [0, 0.1) is 6.92 Å². The van der Waals surface area contributed by atoms with Gasteiger partial charge in [0.15, 0.2) is 0 Å². The van der Waals surface area contributed by atoms with Crippen molar-refractivity contribution >= 4 is 24.1 Å². The third kappa shape index (κ3) is 4.61. The van der Waals surface area contributed by atoms with Gasteiger partial charge in [0.25, 0.3) is 0 Å². The van der Waals surface area contributed by atoms with Gasteiger partial charge in [-0.1, -0.05) is 39.8 Å². The molecule has 0 saturated carbocycles. The van der Waals surface area contributed by atoms with Crippen LogP contribution in [0.25, 0.3) is 17.2 Å². The highest BCUT2D eigenvalue weighted by atomic mass is 32.2. The molecule has 32 heavy (non-hydrogen) atoms. The van der Waals surface area contributed by atoms with Gasteiger partial charge in [0, 0.05) is 16.7 Å². The van der Waals surface area contributed by atoms with Gasteiger partial charge >= 0.3 is 6.36 Å². The molecule has 0 spiro atoms. The van der Waals surface area contributed by atoms with Crippen molar-refractivity contribution in [2.45, 2.75) is 64.7 Å². The summed E-state index contributed by atoms with van der Waals surface area (Å²) in [5.74, 6) is 0.492. The number of nitrogens with zero attached hydrogens (tertiary/aromatic N) is 1. The van der Waals surface area contributed by atoms with Crippen LogP contribution in [0.15, 0.2) is 40.2 Å². The van der Waals surface area contributed by atoms with Crippen LogP contribution in [0.1, 0.15) is 62.8 Å². The Hall–Kier alpha value is -2.21. The molecule has 0 atom stereocenters. The molecule has 2 nitrogen and oxygen atoms in total. The molecular formula is C26H28F3NOS. The van der Waals surface area contributed by atoms with Gasteiger partial charge in [-0.15, -0.1) is 24.9 Å². The first-order valence-electron chi connectivity index (χ1n) is 10.8. The maximum atomic E-state index is 13.2. The van der Waals surface area contributed by atoms with E-state index in [0.717, 1.165) is 34.4 Å². The summed E-state index contributed by atoms with van der Waals surface area (Å²) in [6, 6.07) is 9.11. The Kier molecular flexibility index (Phi) is 5.73. The summed E-state index contributed by atoms with van der Waals surface area (Å²) in [4.78, 5) is 5.19. The molecular weight excluding hydrogens is 431 g/mol. The molecule has 2 aromatic carbocycles. The number of alkyl halides is 3. The number of aliphatic imine (C=N–C) groups is 1. The van der Waals surface area contributed by atoms with E-state index in [1.807, 2.05) is 13.0 Å². The minimum Gasteiger partial charge on any atom is -0.405 e. The highest BCUT2D eigenvalue weighted by Gasteiger charge is 2.38. The topological polar surface area (TPSA) is 21.6 Å². The maximum absolute atomic E-state index is 13.2. The number of thioether (sulfide) groups is 1. The number of hydrogen-bond acceptors (Lipinski definition) is 3. The summed E-state index contributed by atoms with van der Waals surface area (Å²) in [6.07, 6.45) is 1.09. The van der Waals surface area contributed by atoms with E-state index in [9.17, 15) is 13.2 Å². The number of hydrogen-bond donors (Lipinski definition) is 0. The van der Waals surface area contributed by atoms with Gasteiger partial charge in [0.2, 0.25) is 0 Å². The second-order valence-electron chi connectivity index (χ2n) is 9.92. The van der Waals surface area contributed by atoms with Crippen LogP contribution < -0.4 is 4.74 Å². The number of allylic oxidation sites excluding steroid dienone is 1. The fourth-order valence-corrected chi connectivity index (χ4v) is 5.26. The standard InChI is InChI=1S/C26H28F3NOS/c1-16-10-21-22(25(4,5)9-8-24(21,2)3)13-19(16)20-12-17(11-18-14-30-15-32-18)6-7-23(20)31-26(27,28)29/h6-7,10-14H,8-9,15H2,1-5H3. The van der Waals surface area contributed by atoms with Crippen molar-refractivity contribution in [2.24, 2.45) is 4.99 Å². The largest absolute Gasteiger partial charge is 0.573 e. The Morgan fingerprint density at radius 3 is 2.22 bits per heavy atom. The number of aryl methyl sites for hydroxylation is 1. The second-order valence-corrected chi connectivity index (χ2v) is 10.9. The van der Waals surface area contributed by atoms with Crippen molar-refractivity contribution < 1.29 is 17.9 Å². The Bertz CT molecular complexity index is 1110. The molecule has 0 amide bonds. The molecule has 170 valence electrons. The Morgan fingerprint density at radius 2 is 1.62 bits per heavy atom. The van der Waals surface area contributed by atoms with E-state index >= 15 is 0 Å². The Morgan fingerprint density at radius 1 is 0.969 bits per heavy atom. The van der Waals surface area contributed by atoms with E-state index in [0.29, 0.717) is 11.4 Å². The minimum atomic E-state index is -4.76. The van der Waals surface area contributed by atoms with E-state index in [4.69, 9.17) is 0 Å². The molecule has 0 bridgehead atoms. The van der Waals surface area contributed by atoms with Crippen LogP contribution in [0.3, 0.4) is 0 Å². The molecule has 0 aromatic heterocycles. The Balaban J connectivity index is 1.91. The lowest BCUT2D eigenvalue weighted by Crippen LogP contribution is -2.34. The lowest BCUT2D eigenvalue weighted by atomic mass is 9.62. The molecule has 0 radical (unpaired) electrons. The van der Waals surface area contributed by atoms with Crippen LogP contribution in [0.4, 0.5) is 13.2 Å².